The molecule has 3 aliphatic heterocycles. The number of esters is 1. The first-order valence-corrected chi connectivity index (χ1v) is 12.4. The van der Waals surface area contributed by atoms with Crippen molar-refractivity contribution in [2.45, 2.75) is 36.8 Å². The maximum Gasteiger partial charge on any atom is 0.358 e. The Morgan fingerprint density at radius 2 is 2.13 bits per heavy atom. The predicted octanol–water partition coefficient (Wildman–Crippen LogP) is 0.675. The van der Waals surface area contributed by atoms with E-state index in [2.05, 4.69) is 20.3 Å². The number of ether oxygens (including phenoxy) is 1. The van der Waals surface area contributed by atoms with Crippen LogP contribution in [0.4, 0.5) is 11.8 Å². The molecule has 2 atom stereocenters. The highest BCUT2D eigenvalue weighted by Gasteiger charge is 2.35. The van der Waals surface area contributed by atoms with Crippen LogP contribution in [-0.2, 0) is 26.8 Å². The molecule has 2 aromatic heterocycles. The van der Waals surface area contributed by atoms with Crippen molar-refractivity contribution in [2.75, 3.05) is 42.1 Å². The summed E-state index contributed by atoms with van der Waals surface area (Å²) in [7, 11) is -1.13. The maximum absolute atomic E-state index is 12.5. The van der Waals surface area contributed by atoms with Crippen LogP contribution in [0.15, 0.2) is 15.8 Å². The van der Waals surface area contributed by atoms with E-state index in [1.807, 2.05) is 4.90 Å². The maximum atomic E-state index is 12.5. The van der Waals surface area contributed by atoms with Crippen LogP contribution in [0.5, 0.6) is 0 Å². The van der Waals surface area contributed by atoms with Gasteiger partial charge in [0.25, 0.3) is 0 Å². The van der Waals surface area contributed by atoms with Gasteiger partial charge in [-0.05, 0) is 6.42 Å². The van der Waals surface area contributed by atoms with Crippen molar-refractivity contribution in [1.29, 1.82) is 0 Å². The van der Waals surface area contributed by atoms with Crippen molar-refractivity contribution >= 4 is 45.8 Å². The van der Waals surface area contributed by atoms with Gasteiger partial charge in [0.2, 0.25) is 11.9 Å². The van der Waals surface area contributed by atoms with Gasteiger partial charge in [-0.1, -0.05) is 0 Å². The molecular weight excluding hydrogens is 440 g/mol. The first kappa shape index (κ1) is 20.3. The van der Waals surface area contributed by atoms with E-state index >= 15 is 0 Å². The van der Waals surface area contributed by atoms with Gasteiger partial charge in [-0.25, -0.2) is 14.8 Å². The monoisotopic (exact) mass is 462 g/mol. The largest absolute Gasteiger partial charge is 0.454 e. The molecule has 2 fully saturated rings. The molecule has 3 aliphatic rings. The highest BCUT2D eigenvalue weighted by Crippen LogP contribution is 2.32. The fraction of sp³-hybridized carbons (Fsp3) is 0.526. The van der Waals surface area contributed by atoms with Crippen LogP contribution < -0.4 is 10.2 Å². The molecule has 0 unspecified atom stereocenters. The topological polar surface area (TPSA) is 118 Å². The summed E-state index contributed by atoms with van der Waals surface area (Å²) in [4.78, 5) is 41.4. The first-order chi connectivity index (χ1) is 15.0. The molecule has 0 spiro atoms. The molecule has 0 bridgehead atoms. The molecule has 1 N–H and O–H groups in total. The van der Waals surface area contributed by atoms with E-state index in [1.54, 1.807) is 22.7 Å². The molecule has 0 saturated carbocycles. The Hall–Kier alpha value is -2.60. The summed E-state index contributed by atoms with van der Waals surface area (Å²) in [6.07, 6.45) is 1.22. The number of anilines is 2. The molecule has 10 nitrogen and oxygen atoms in total. The Balaban J connectivity index is 1.28. The van der Waals surface area contributed by atoms with E-state index in [0.717, 1.165) is 12.1 Å². The second-order valence-corrected chi connectivity index (χ2v) is 10.1. The second-order valence-electron chi connectivity index (χ2n) is 7.85. The van der Waals surface area contributed by atoms with Crippen LogP contribution >= 0.6 is 11.3 Å². The predicted molar refractivity (Wildman–Crippen MR) is 115 cm³/mol. The number of nitrogens with zero attached hydrogens (tertiary/aromatic N) is 5. The SMILES string of the molecule is CC(=O)N1CC[C@H](Nc2nc(N3CC(OC(=O)c4cscn4)C3)nc3c2[S@](=O)CC3)C1. The summed E-state index contributed by atoms with van der Waals surface area (Å²) in [5.74, 6) is 1.31. The number of fused-ring (bicyclic) bond motifs is 1. The lowest BCUT2D eigenvalue weighted by molar-refractivity contribution is -0.127. The number of carbonyl (C=O) groups excluding carboxylic acids is 2. The number of amides is 1. The molecule has 5 heterocycles. The Kier molecular flexibility index (Phi) is 5.34. The third kappa shape index (κ3) is 4.01. The van der Waals surface area contributed by atoms with Gasteiger partial charge < -0.3 is 19.9 Å². The molecule has 164 valence electrons. The fourth-order valence-electron chi connectivity index (χ4n) is 3.98. The Bertz CT molecular complexity index is 1040. The van der Waals surface area contributed by atoms with Gasteiger partial charge in [0.1, 0.15) is 16.8 Å². The van der Waals surface area contributed by atoms with Crippen molar-refractivity contribution in [3.63, 3.8) is 0 Å². The fourth-order valence-corrected chi connectivity index (χ4v) is 5.82. The second kappa shape index (κ2) is 8.15. The molecule has 12 heteroatoms. The van der Waals surface area contributed by atoms with Gasteiger partial charge in [-0.2, -0.15) is 4.98 Å². The molecular formula is C19H22N6O4S2. The number of aromatic nitrogens is 3. The van der Waals surface area contributed by atoms with Crippen LogP contribution in [0.1, 0.15) is 29.5 Å². The minimum Gasteiger partial charge on any atom is -0.454 e. The third-order valence-corrected chi connectivity index (χ3v) is 7.74. The van der Waals surface area contributed by atoms with E-state index in [-0.39, 0.29) is 18.1 Å². The number of thiazole rings is 1. The summed E-state index contributed by atoms with van der Waals surface area (Å²) in [6, 6.07) is 0.0663. The van der Waals surface area contributed by atoms with Crippen molar-refractivity contribution in [2.24, 2.45) is 0 Å². The number of rotatable bonds is 5. The Morgan fingerprint density at radius 1 is 1.29 bits per heavy atom. The summed E-state index contributed by atoms with van der Waals surface area (Å²) in [5.41, 5.74) is 2.72. The smallest absolute Gasteiger partial charge is 0.358 e. The van der Waals surface area contributed by atoms with Crippen LogP contribution in [0.2, 0.25) is 0 Å². The van der Waals surface area contributed by atoms with Gasteiger partial charge in [0.15, 0.2) is 5.69 Å². The summed E-state index contributed by atoms with van der Waals surface area (Å²) in [5, 5.41) is 5.07. The summed E-state index contributed by atoms with van der Waals surface area (Å²) in [6.45, 7) is 3.87. The lowest BCUT2D eigenvalue weighted by Crippen LogP contribution is -2.53. The molecule has 1 amide bonds. The number of aryl methyl sites for hydroxylation is 1. The average Bonchev–Trinajstić information content (AvgIpc) is 3.45. The molecule has 0 radical (unpaired) electrons. The van der Waals surface area contributed by atoms with Gasteiger partial charge in [0, 0.05) is 43.6 Å². The van der Waals surface area contributed by atoms with Gasteiger partial charge in [-0.3, -0.25) is 9.00 Å². The average molecular weight is 463 g/mol. The van der Waals surface area contributed by atoms with E-state index in [4.69, 9.17) is 4.74 Å². The minimum atomic E-state index is -1.13. The third-order valence-electron chi connectivity index (χ3n) is 5.70. The minimum absolute atomic E-state index is 0.0558. The van der Waals surface area contributed by atoms with E-state index in [0.29, 0.717) is 60.7 Å². The summed E-state index contributed by atoms with van der Waals surface area (Å²) < 4.78 is 18.0. The van der Waals surface area contributed by atoms with Gasteiger partial charge in [-0.15, -0.1) is 11.3 Å². The molecule has 5 rings (SSSR count). The Labute approximate surface area is 185 Å². The Morgan fingerprint density at radius 3 is 2.84 bits per heavy atom. The molecule has 0 aliphatic carbocycles. The van der Waals surface area contributed by atoms with Crippen molar-refractivity contribution in [3.05, 3.63) is 22.3 Å². The summed E-state index contributed by atoms with van der Waals surface area (Å²) >= 11 is 1.35. The van der Waals surface area contributed by atoms with Crippen molar-refractivity contribution < 1.29 is 18.5 Å². The quantitative estimate of drug-likeness (QED) is 0.640. The van der Waals surface area contributed by atoms with Gasteiger partial charge in [0.05, 0.1) is 35.1 Å². The number of carbonyl (C=O) groups is 2. The van der Waals surface area contributed by atoms with Crippen LogP contribution in [0, 0.1) is 0 Å². The van der Waals surface area contributed by atoms with Crippen LogP contribution in [0.3, 0.4) is 0 Å². The normalized spacial score (nSPS) is 22.9. The zero-order chi connectivity index (χ0) is 21.5. The van der Waals surface area contributed by atoms with E-state index in [9.17, 15) is 13.8 Å². The molecule has 2 aromatic rings. The van der Waals surface area contributed by atoms with Gasteiger partial charge >= 0.3 is 5.97 Å². The zero-order valence-corrected chi connectivity index (χ0v) is 18.6. The molecule has 31 heavy (non-hydrogen) atoms. The van der Waals surface area contributed by atoms with Crippen LogP contribution in [0.25, 0.3) is 0 Å². The number of likely N-dealkylation sites (tertiary alicyclic amines) is 1. The molecule has 2 saturated heterocycles. The lowest BCUT2D eigenvalue weighted by atomic mass is 10.2. The standard InChI is InChI=1S/C19H22N6O4S2/c1-11(26)24-4-2-12(6-24)21-17-16-14(3-5-31(16)28)22-19(23-17)25-7-13(8-25)29-18(27)15-9-30-10-20-15/h9-10,12-13H,2-8H2,1H3,(H,21,22,23)/t12-,31+/m0/s1. The van der Waals surface area contributed by atoms with Crippen LogP contribution in [-0.4, -0.2) is 80.0 Å². The highest BCUT2D eigenvalue weighted by atomic mass is 32.2. The number of hydrogen-bond donors (Lipinski definition) is 1. The highest BCUT2D eigenvalue weighted by molar-refractivity contribution is 7.85. The van der Waals surface area contributed by atoms with Crippen molar-refractivity contribution in [1.82, 2.24) is 19.9 Å². The number of nitrogens with one attached hydrogen (secondary N) is 1. The van der Waals surface area contributed by atoms with Crippen molar-refractivity contribution in [3.8, 4) is 0 Å². The lowest BCUT2D eigenvalue weighted by Gasteiger charge is -2.38. The molecule has 0 aromatic carbocycles. The first-order valence-electron chi connectivity index (χ1n) is 10.1. The zero-order valence-electron chi connectivity index (χ0n) is 16.9. The van der Waals surface area contributed by atoms with E-state index < -0.39 is 16.8 Å². The van der Waals surface area contributed by atoms with E-state index in [1.165, 1.54) is 11.3 Å². The number of hydrogen-bond acceptors (Lipinski definition) is 10.